The minimum atomic E-state index is -0.657. The number of nitrogens with zero attached hydrogens (tertiary/aromatic N) is 5. The highest BCUT2D eigenvalue weighted by Crippen LogP contribution is 2.33. The molecule has 3 aromatic heterocycles. The molecule has 0 atom stereocenters. The van der Waals surface area contributed by atoms with Crippen molar-refractivity contribution in [3.8, 4) is 22.9 Å². The first-order valence-electron chi connectivity index (χ1n) is 10.1. The van der Waals surface area contributed by atoms with E-state index in [1.807, 2.05) is 30.6 Å². The second-order valence-corrected chi connectivity index (χ2v) is 8.48. The van der Waals surface area contributed by atoms with Gasteiger partial charge < -0.3 is 4.57 Å². The van der Waals surface area contributed by atoms with Crippen LogP contribution >= 0.6 is 11.6 Å². The molecular formula is C21H21ClN6O2. The van der Waals surface area contributed by atoms with E-state index in [2.05, 4.69) is 36.1 Å². The third kappa shape index (κ3) is 3.63. The van der Waals surface area contributed by atoms with E-state index in [-0.39, 0.29) is 11.6 Å². The molecule has 0 spiro atoms. The highest BCUT2D eigenvalue weighted by Gasteiger charge is 2.22. The van der Waals surface area contributed by atoms with Crippen LogP contribution < -0.4 is 5.76 Å². The SMILES string of the molecule is CC1CCC(Cn2cnc3nc(-c4noc(=O)[nH]4)nc(-c4cccc(Cl)c4)c32)CC1. The number of imidazole rings is 1. The van der Waals surface area contributed by atoms with Gasteiger partial charge in [0.05, 0.1) is 6.33 Å². The van der Waals surface area contributed by atoms with Gasteiger partial charge in [-0.1, -0.05) is 48.7 Å². The van der Waals surface area contributed by atoms with Gasteiger partial charge in [-0.25, -0.2) is 19.7 Å². The summed E-state index contributed by atoms with van der Waals surface area (Å²) in [5, 5.41) is 4.34. The Balaban J connectivity index is 1.64. The molecule has 1 aromatic carbocycles. The second-order valence-electron chi connectivity index (χ2n) is 8.04. The average Bonchev–Trinajstić information content (AvgIpc) is 3.35. The Bertz CT molecular complexity index is 1250. The van der Waals surface area contributed by atoms with E-state index in [0.717, 1.165) is 23.5 Å². The lowest BCUT2D eigenvalue weighted by Crippen LogP contribution is -2.17. The Hall–Kier alpha value is -3.00. The molecule has 3 heterocycles. The van der Waals surface area contributed by atoms with Crippen LogP contribution in [0, 0.1) is 11.8 Å². The van der Waals surface area contributed by atoms with Crippen molar-refractivity contribution in [2.24, 2.45) is 11.8 Å². The third-order valence-corrected chi connectivity index (χ3v) is 6.05. The zero-order valence-electron chi connectivity index (χ0n) is 16.5. The van der Waals surface area contributed by atoms with Crippen molar-refractivity contribution in [3.05, 3.63) is 46.2 Å². The van der Waals surface area contributed by atoms with Crippen molar-refractivity contribution in [3.63, 3.8) is 0 Å². The van der Waals surface area contributed by atoms with Gasteiger partial charge in [-0.2, -0.15) is 0 Å². The summed E-state index contributed by atoms with van der Waals surface area (Å²) in [6, 6.07) is 7.51. The Morgan fingerprint density at radius 1 is 1.23 bits per heavy atom. The summed E-state index contributed by atoms with van der Waals surface area (Å²) in [6.07, 6.45) is 6.77. The fourth-order valence-corrected chi connectivity index (χ4v) is 4.37. The first-order chi connectivity index (χ1) is 14.6. The number of nitrogens with one attached hydrogen (secondary N) is 1. The maximum Gasteiger partial charge on any atom is 0.439 e. The van der Waals surface area contributed by atoms with Crippen LogP contribution in [0.1, 0.15) is 32.6 Å². The number of hydrogen-bond acceptors (Lipinski definition) is 6. The maximum atomic E-state index is 11.4. The van der Waals surface area contributed by atoms with E-state index in [4.69, 9.17) is 16.6 Å². The van der Waals surface area contributed by atoms with Crippen LogP contribution in [0.25, 0.3) is 34.1 Å². The highest BCUT2D eigenvalue weighted by molar-refractivity contribution is 6.30. The van der Waals surface area contributed by atoms with Crippen molar-refractivity contribution in [2.45, 2.75) is 39.2 Å². The third-order valence-electron chi connectivity index (χ3n) is 5.81. The Morgan fingerprint density at radius 2 is 2.07 bits per heavy atom. The molecule has 0 amide bonds. The molecule has 0 saturated heterocycles. The summed E-state index contributed by atoms with van der Waals surface area (Å²) >= 11 is 6.25. The molecule has 0 bridgehead atoms. The molecule has 4 aromatic rings. The molecule has 1 saturated carbocycles. The Labute approximate surface area is 177 Å². The number of benzene rings is 1. The molecular weight excluding hydrogens is 404 g/mol. The second kappa shape index (κ2) is 7.68. The Kier molecular flexibility index (Phi) is 4.86. The maximum absolute atomic E-state index is 11.4. The van der Waals surface area contributed by atoms with Gasteiger partial charge in [0.15, 0.2) is 5.65 Å². The van der Waals surface area contributed by atoms with E-state index in [9.17, 15) is 4.79 Å². The lowest BCUT2D eigenvalue weighted by atomic mass is 9.83. The smallest absolute Gasteiger partial charge is 0.327 e. The summed E-state index contributed by atoms with van der Waals surface area (Å²) in [7, 11) is 0. The van der Waals surface area contributed by atoms with Crippen LogP contribution in [0.5, 0.6) is 0 Å². The van der Waals surface area contributed by atoms with E-state index in [0.29, 0.717) is 22.3 Å². The predicted molar refractivity (Wildman–Crippen MR) is 113 cm³/mol. The van der Waals surface area contributed by atoms with Crippen LogP contribution in [0.15, 0.2) is 39.9 Å². The van der Waals surface area contributed by atoms with Crippen molar-refractivity contribution in [1.29, 1.82) is 0 Å². The fourth-order valence-electron chi connectivity index (χ4n) is 4.18. The van der Waals surface area contributed by atoms with E-state index in [1.165, 1.54) is 25.7 Å². The van der Waals surface area contributed by atoms with Crippen molar-refractivity contribution < 1.29 is 4.52 Å². The van der Waals surface area contributed by atoms with Gasteiger partial charge in [-0.05, 0) is 36.8 Å². The van der Waals surface area contributed by atoms with Gasteiger partial charge in [0.2, 0.25) is 11.6 Å². The van der Waals surface area contributed by atoms with Gasteiger partial charge in [-0.3, -0.25) is 9.51 Å². The summed E-state index contributed by atoms with van der Waals surface area (Å²) < 4.78 is 6.76. The highest BCUT2D eigenvalue weighted by atomic mass is 35.5. The first-order valence-corrected chi connectivity index (χ1v) is 10.5. The van der Waals surface area contributed by atoms with Gasteiger partial charge in [0.25, 0.3) is 0 Å². The largest absolute Gasteiger partial charge is 0.439 e. The molecule has 1 fully saturated rings. The summed E-state index contributed by atoms with van der Waals surface area (Å²) in [4.78, 5) is 27.7. The molecule has 0 unspecified atom stereocenters. The number of halogens is 1. The van der Waals surface area contributed by atoms with E-state index in [1.54, 1.807) is 0 Å². The summed E-state index contributed by atoms with van der Waals surface area (Å²) in [5.74, 6) is 1.17. The zero-order chi connectivity index (χ0) is 20.7. The average molecular weight is 425 g/mol. The number of fused-ring (bicyclic) bond motifs is 1. The molecule has 5 rings (SSSR count). The number of rotatable bonds is 4. The lowest BCUT2D eigenvalue weighted by Gasteiger charge is -2.26. The van der Waals surface area contributed by atoms with Gasteiger partial charge in [0, 0.05) is 17.1 Å². The van der Waals surface area contributed by atoms with Gasteiger partial charge in [0.1, 0.15) is 11.2 Å². The molecule has 154 valence electrons. The minimum Gasteiger partial charge on any atom is -0.327 e. The Morgan fingerprint density at radius 3 is 2.80 bits per heavy atom. The normalized spacial score (nSPS) is 19.4. The van der Waals surface area contributed by atoms with Crippen LogP contribution in [0.2, 0.25) is 5.02 Å². The van der Waals surface area contributed by atoms with Crippen molar-refractivity contribution in [2.75, 3.05) is 0 Å². The molecule has 1 aliphatic rings. The van der Waals surface area contributed by atoms with E-state index < -0.39 is 5.76 Å². The van der Waals surface area contributed by atoms with Gasteiger partial charge >= 0.3 is 5.76 Å². The van der Waals surface area contributed by atoms with Crippen molar-refractivity contribution in [1.82, 2.24) is 29.7 Å². The summed E-state index contributed by atoms with van der Waals surface area (Å²) in [5.41, 5.74) is 2.94. The van der Waals surface area contributed by atoms with Crippen LogP contribution in [-0.4, -0.2) is 29.7 Å². The number of hydrogen-bond donors (Lipinski definition) is 1. The number of aromatic nitrogens is 6. The molecule has 0 radical (unpaired) electrons. The molecule has 30 heavy (non-hydrogen) atoms. The molecule has 8 nitrogen and oxygen atoms in total. The fraction of sp³-hybridized carbons (Fsp3) is 0.381. The first kappa shape index (κ1) is 19.0. The van der Waals surface area contributed by atoms with Crippen molar-refractivity contribution >= 4 is 22.8 Å². The zero-order valence-corrected chi connectivity index (χ0v) is 17.3. The topological polar surface area (TPSA) is 102 Å². The quantitative estimate of drug-likeness (QED) is 0.523. The monoisotopic (exact) mass is 424 g/mol. The lowest BCUT2D eigenvalue weighted by molar-refractivity contribution is 0.266. The molecule has 9 heteroatoms. The molecule has 1 N–H and O–H groups in total. The molecule has 0 aliphatic heterocycles. The number of H-pyrrole nitrogens is 1. The van der Waals surface area contributed by atoms with Crippen LogP contribution in [0.3, 0.4) is 0 Å². The predicted octanol–water partition coefficient (Wildman–Crippen LogP) is 4.32. The minimum absolute atomic E-state index is 0.168. The number of aromatic amines is 1. The van der Waals surface area contributed by atoms with Crippen LogP contribution in [-0.2, 0) is 6.54 Å². The van der Waals surface area contributed by atoms with Crippen LogP contribution in [0.4, 0.5) is 0 Å². The van der Waals surface area contributed by atoms with Gasteiger partial charge in [-0.15, -0.1) is 0 Å². The summed E-state index contributed by atoms with van der Waals surface area (Å²) in [6.45, 7) is 3.20. The standard InChI is InChI=1S/C21H21ClN6O2/c1-12-5-7-13(8-6-12)10-28-11-23-18-17(28)16(14-3-2-4-15(22)9-14)24-19(25-18)20-26-21(29)30-27-20/h2-4,9,11-13H,5-8,10H2,1H3,(H,26,27,29). The molecule has 1 aliphatic carbocycles. The van der Waals surface area contributed by atoms with E-state index >= 15 is 0 Å².